The summed E-state index contributed by atoms with van der Waals surface area (Å²) >= 11 is 1.33. The van der Waals surface area contributed by atoms with E-state index in [1.165, 1.54) is 17.8 Å². The predicted octanol–water partition coefficient (Wildman–Crippen LogP) is 6.92. The SMILES string of the molecule is CCCCOc1cccc(C2C(C(=O)OCc3ccccc3)=C(C)Nc3nc(SCc4ccccc4F)nn32)c1. The van der Waals surface area contributed by atoms with Crippen LogP contribution >= 0.6 is 11.8 Å². The molecular weight excluding hydrogens is 527 g/mol. The second-order valence-electron chi connectivity index (χ2n) is 9.45. The summed E-state index contributed by atoms with van der Waals surface area (Å²) in [7, 11) is 0. The molecule has 0 saturated heterocycles. The number of hydrogen-bond acceptors (Lipinski definition) is 7. The lowest BCUT2D eigenvalue weighted by molar-refractivity contribution is -0.140. The molecule has 0 fully saturated rings. The number of allylic oxidation sites excluding steroid dienone is 1. The number of unbranched alkanes of at least 4 members (excludes halogenated alkanes) is 1. The lowest BCUT2D eigenvalue weighted by Crippen LogP contribution is -2.29. The fraction of sp³-hybridized carbons (Fsp3) is 0.258. The number of benzene rings is 3. The number of thioether (sulfide) groups is 1. The Morgan fingerprint density at radius 3 is 2.67 bits per heavy atom. The van der Waals surface area contributed by atoms with Gasteiger partial charge in [0, 0.05) is 11.4 Å². The van der Waals surface area contributed by atoms with Gasteiger partial charge in [0.1, 0.15) is 24.2 Å². The van der Waals surface area contributed by atoms with Crippen molar-refractivity contribution in [1.82, 2.24) is 14.8 Å². The number of hydrogen-bond donors (Lipinski definition) is 1. The number of nitrogens with zero attached hydrogens (tertiary/aromatic N) is 3. The Kier molecular flexibility index (Phi) is 8.81. The summed E-state index contributed by atoms with van der Waals surface area (Å²) in [4.78, 5) is 18.2. The molecular formula is C31H31FN4O3S. The number of ether oxygens (including phenoxy) is 2. The van der Waals surface area contributed by atoms with Crippen molar-refractivity contribution in [1.29, 1.82) is 0 Å². The van der Waals surface area contributed by atoms with Gasteiger partial charge >= 0.3 is 5.97 Å². The molecule has 5 rings (SSSR count). The summed E-state index contributed by atoms with van der Waals surface area (Å²) in [5, 5.41) is 8.44. The highest BCUT2D eigenvalue weighted by Crippen LogP contribution is 2.38. The van der Waals surface area contributed by atoms with Gasteiger partial charge in [0.05, 0.1) is 12.2 Å². The molecule has 0 spiro atoms. The van der Waals surface area contributed by atoms with Crippen molar-refractivity contribution in [2.45, 2.75) is 50.2 Å². The molecule has 40 heavy (non-hydrogen) atoms. The van der Waals surface area contributed by atoms with Crippen molar-refractivity contribution in [3.8, 4) is 5.75 Å². The number of aromatic nitrogens is 3. The first-order valence-electron chi connectivity index (χ1n) is 13.3. The maximum absolute atomic E-state index is 14.2. The van der Waals surface area contributed by atoms with Gasteiger partial charge in [-0.25, -0.2) is 13.9 Å². The molecule has 7 nitrogen and oxygen atoms in total. The van der Waals surface area contributed by atoms with Crippen molar-refractivity contribution >= 4 is 23.7 Å². The second kappa shape index (κ2) is 12.8. The summed E-state index contributed by atoms with van der Waals surface area (Å²) in [6.45, 7) is 4.71. The van der Waals surface area contributed by atoms with Crippen molar-refractivity contribution in [2.24, 2.45) is 0 Å². The number of fused-ring (bicyclic) bond motifs is 1. The minimum absolute atomic E-state index is 0.150. The van der Waals surface area contributed by atoms with E-state index in [9.17, 15) is 9.18 Å². The van der Waals surface area contributed by atoms with Gasteiger partial charge < -0.3 is 14.8 Å². The average molecular weight is 559 g/mol. The average Bonchev–Trinajstić information content (AvgIpc) is 3.38. The molecule has 0 aliphatic carbocycles. The predicted molar refractivity (Wildman–Crippen MR) is 154 cm³/mol. The lowest BCUT2D eigenvalue weighted by atomic mass is 9.95. The van der Waals surface area contributed by atoms with Gasteiger partial charge in [-0.2, -0.15) is 4.98 Å². The summed E-state index contributed by atoms with van der Waals surface area (Å²) in [6.07, 6.45) is 1.98. The molecule has 0 bridgehead atoms. The number of halogens is 1. The Labute approximate surface area is 237 Å². The van der Waals surface area contributed by atoms with Crippen LogP contribution in [0.3, 0.4) is 0 Å². The number of carbonyl (C=O) groups excluding carboxylic acids is 1. The van der Waals surface area contributed by atoms with Crippen LogP contribution in [0.4, 0.5) is 10.3 Å². The Hall–Kier alpha value is -4.11. The number of carbonyl (C=O) groups is 1. The van der Waals surface area contributed by atoms with Gasteiger partial charge in [-0.15, -0.1) is 5.10 Å². The van der Waals surface area contributed by atoms with Crippen LogP contribution in [-0.2, 0) is 21.9 Å². The van der Waals surface area contributed by atoms with Crippen LogP contribution in [0.15, 0.2) is 95.3 Å². The Balaban J connectivity index is 1.46. The molecule has 1 aliphatic rings. The Morgan fingerprint density at radius 1 is 1.07 bits per heavy atom. The zero-order valence-corrected chi connectivity index (χ0v) is 23.3. The van der Waals surface area contributed by atoms with E-state index in [1.54, 1.807) is 22.9 Å². The monoisotopic (exact) mass is 558 g/mol. The molecule has 1 N–H and O–H groups in total. The van der Waals surface area contributed by atoms with E-state index in [0.29, 0.717) is 40.3 Å². The van der Waals surface area contributed by atoms with E-state index in [2.05, 4.69) is 17.2 Å². The lowest BCUT2D eigenvalue weighted by Gasteiger charge is -2.28. The van der Waals surface area contributed by atoms with Crippen LogP contribution in [0.25, 0.3) is 0 Å². The van der Waals surface area contributed by atoms with Crippen LogP contribution < -0.4 is 10.1 Å². The molecule has 1 aromatic heterocycles. The zero-order chi connectivity index (χ0) is 27.9. The van der Waals surface area contributed by atoms with Crippen LogP contribution in [0, 0.1) is 5.82 Å². The van der Waals surface area contributed by atoms with Crippen LogP contribution in [-0.4, -0.2) is 27.3 Å². The highest BCUT2D eigenvalue weighted by atomic mass is 32.2. The van der Waals surface area contributed by atoms with Gasteiger partial charge in [-0.3, -0.25) is 0 Å². The number of nitrogens with one attached hydrogen (secondary N) is 1. The standard InChI is InChI=1S/C31H31FN4O3S/c1-3-4-17-38-25-15-10-14-23(18-25)28-27(29(37)39-19-22-11-6-5-7-12-22)21(2)33-30-34-31(35-36(28)30)40-20-24-13-8-9-16-26(24)32/h5-16,18,28H,3-4,17,19-20H2,1-2H3,(H,33,34,35). The summed E-state index contributed by atoms with van der Waals surface area (Å²) < 4.78 is 27.6. The van der Waals surface area contributed by atoms with E-state index in [0.717, 1.165) is 29.7 Å². The Morgan fingerprint density at radius 2 is 1.88 bits per heavy atom. The zero-order valence-electron chi connectivity index (χ0n) is 22.5. The molecule has 1 aliphatic heterocycles. The first-order chi connectivity index (χ1) is 19.5. The first-order valence-corrected chi connectivity index (χ1v) is 14.3. The molecule has 9 heteroatoms. The van der Waals surface area contributed by atoms with Gasteiger partial charge in [0.2, 0.25) is 11.1 Å². The Bertz CT molecular complexity index is 1510. The third kappa shape index (κ3) is 6.37. The molecule has 1 atom stereocenters. The maximum Gasteiger partial charge on any atom is 0.338 e. The quantitative estimate of drug-likeness (QED) is 0.122. The van der Waals surface area contributed by atoms with Crippen LogP contribution in [0.1, 0.15) is 49.4 Å². The molecule has 0 radical (unpaired) electrons. The van der Waals surface area contributed by atoms with Crippen molar-refractivity contribution in [3.05, 3.63) is 113 Å². The minimum Gasteiger partial charge on any atom is -0.494 e. The fourth-order valence-corrected chi connectivity index (χ4v) is 5.25. The van der Waals surface area contributed by atoms with E-state index < -0.39 is 12.0 Å². The number of esters is 1. The van der Waals surface area contributed by atoms with Gasteiger partial charge in [-0.1, -0.05) is 85.8 Å². The summed E-state index contributed by atoms with van der Waals surface area (Å²) in [5.74, 6) is 0.874. The minimum atomic E-state index is -0.593. The van der Waals surface area contributed by atoms with E-state index >= 15 is 0 Å². The fourth-order valence-electron chi connectivity index (χ4n) is 4.43. The van der Waals surface area contributed by atoms with E-state index in [4.69, 9.17) is 14.6 Å². The highest BCUT2D eigenvalue weighted by molar-refractivity contribution is 7.98. The molecule has 2 heterocycles. The maximum atomic E-state index is 14.2. The summed E-state index contributed by atoms with van der Waals surface area (Å²) in [6, 6.07) is 23.3. The molecule has 4 aromatic rings. The molecule has 206 valence electrons. The first kappa shape index (κ1) is 27.5. The molecule has 0 amide bonds. The van der Waals surface area contributed by atoms with Gasteiger partial charge in [0.15, 0.2) is 0 Å². The van der Waals surface area contributed by atoms with Crippen LogP contribution in [0.5, 0.6) is 5.75 Å². The molecule has 0 saturated carbocycles. The largest absolute Gasteiger partial charge is 0.494 e. The molecule has 3 aromatic carbocycles. The number of rotatable bonds is 11. The normalized spacial score (nSPS) is 14.4. The van der Waals surface area contributed by atoms with Crippen molar-refractivity contribution in [3.63, 3.8) is 0 Å². The number of anilines is 1. The third-order valence-corrected chi connectivity index (χ3v) is 7.41. The van der Waals surface area contributed by atoms with Gasteiger partial charge in [-0.05, 0) is 48.2 Å². The summed E-state index contributed by atoms with van der Waals surface area (Å²) in [5.41, 5.74) is 3.35. The van der Waals surface area contributed by atoms with Crippen molar-refractivity contribution in [2.75, 3.05) is 11.9 Å². The van der Waals surface area contributed by atoms with E-state index in [-0.39, 0.29) is 12.4 Å². The van der Waals surface area contributed by atoms with E-state index in [1.807, 2.05) is 61.5 Å². The third-order valence-electron chi connectivity index (χ3n) is 6.52. The van der Waals surface area contributed by atoms with Crippen LogP contribution in [0.2, 0.25) is 0 Å². The smallest absolute Gasteiger partial charge is 0.338 e. The second-order valence-corrected chi connectivity index (χ2v) is 10.4. The highest BCUT2D eigenvalue weighted by Gasteiger charge is 2.35. The van der Waals surface area contributed by atoms with Crippen molar-refractivity contribution < 1.29 is 18.7 Å². The van der Waals surface area contributed by atoms with Gasteiger partial charge in [0.25, 0.3) is 0 Å². The molecule has 1 unspecified atom stereocenters. The topological polar surface area (TPSA) is 78.3 Å².